The zero-order valence-electron chi connectivity index (χ0n) is 11.6. The normalized spacial score (nSPS) is 10.8. The van der Waals surface area contributed by atoms with E-state index < -0.39 is 0 Å². The predicted octanol–water partition coefficient (Wildman–Crippen LogP) is 1.92. The fourth-order valence-corrected chi connectivity index (χ4v) is 2.20. The molecule has 0 spiro atoms. The average molecular weight is 296 g/mol. The van der Waals surface area contributed by atoms with E-state index in [9.17, 15) is 4.79 Å². The fourth-order valence-electron chi connectivity index (χ4n) is 1.60. The summed E-state index contributed by atoms with van der Waals surface area (Å²) in [5.41, 5.74) is 1.69. The number of hydrogen-bond acceptors (Lipinski definition) is 7. The molecule has 0 saturated heterocycles. The van der Waals surface area contributed by atoms with E-state index in [2.05, 4.69) is 27.0 Å². The summed E-state index contributed by atoms with van der Waals surface area (Å²) in [5.74, 6) is 0.162. The first-order chi connectivity index (χ1) is 9.63. The number of nitrogens with zero attached hydrogens (tertiary/aromatic N) is 4. The second-order valence-corrected chi connectivity index (χ2v) is 5.06. The second kappa shape index (κ2) is 6.56. The summed E-state index contributed by atoms with van der Waals surface area (Å²) in [6.45, 7) is 4.93. The van der Waals surface area contributed by atoms with Gasteiger partial charge in [0.25, 0.3) is 11.1 Å². The smallest absolute Gasteiger partial charge is 0.316 e. The van der Waals surface area contributed by atoms with Gasteiger partial charge in [-0.25, -0.2) is 0 Å². The summed E-state index contributed by atoms with van der Waals surface area (Å²) in [5, 5.41) is 12.6. The largest absolute Gasteiger partial charge is 0.468 e. The van der Waals surface area contributed by atoms with Crippen LogP contribution in [-0.4, -0.2) is 38.8 Å². The molecule has 8 heteroatoms. The van der Waals surface area contributed by atoms with Gasteiger partial charge in [-0.1, -0.05) is 18.7 Å². The Hall–Kier alpha value is -1.83. The Bertz CT molecular complexity index is 593. The number of carbonyl (C=O) groups excluding carboxylic acids is 1. The minimum absolute atomic E-state index is 0.140. The van der Waals surface area contributed by atoms with E-state index in [1.807, 2.05) is 17.7 Å². The lowest BCUT2D eigenvalue weighted by atomic mass is 10.4. The third kappa shape index (κ3) is 3.38. The van der Waals surface area contributed by atoms with E-state index in [1.54, 1.807) is 0 Å². The summed E-state index contributed by atoms with van der Waals surface area (Å²) < 4.78 is 11.9. The molecule has 0 aliphatic heterocycles. The molecule has 2 heterocycles. The van der Waals surface area contributed by atoms with Crippen molar-refractivity contribution in [2.45, 2.75) is 32.0 Å². The summed E-state index contributed by atoms with van der Waals surface area (Å²) in [6.07, 6.45) is 1.01. The van der Waals surface area contributed by atoms with Gasteiger partial charge >= 0.3 is 5.97 Å². The van der Waals surface area contributed by atoms with Gasteiger partial charge in [0.1, 0.15) is 11.4 Å². The molecular formula is C12H16N4O3S. The Morgan fingerprint density at radius 1 is 1.50 bits per heavy atom. The van der Waals surface area contributed by atoms with Crippen LogP contribution in [-0.2, 0) is 16.1 Å². The van der Waals surface area contributed by atoms with Crippen LogP contribution < -0.4 is 0 Å². The van der Waals surface area contributed by atoms with E-state index in [-0.39, 0.29) is 11.7 Å². The quantitative estimate of drug-likeness (QED) is 0.594. The third-order valence-corrected chi connectivity index (χ3v) is 3.38. The van der Waals surface area contributed by atoms with E-state index in [4.69, 9.17) is 4.42 Å². The Labute approximate surface area is 120 Å². The van der Waals surface area contributed by atoms with Crippen LogP contribution in [0.4, 0.5) is 0 Å². The molecule has 0 fully saturated rings. The van der Waals surface area contributed by atoms with Gasteiger partial charge in [-0.05, 0) is 19.4 Å². The number of esters is 1. The van der Waals surface area contributed by atoms with Gasteiger partial charge in [0.2, 0.25) is 0 Å². The molecule has 0 bridgehead atoms. The molecule has 0 aliphatic carbocycles. The van der Waals surface area contributed by atoms with E-state index in [0.29, 0.717) is 16.8 Å². The van der Waals surface area contributed by atoms with Crippen molar-refractivity contribution < 1.29 is 13.9 Å². The fraction of sp³-hybridized carbons (Fsp3) is 0.500. The predicted molar refractivity (Wildman–Crippen MR) is 73.3 cm³/mol. The number of rotatable bonds is 6. The molecule has 0 N–H and O–H groups in total. The zero-order chi connectivity index (χ0) is 14.5. The number of methoxy groups -OCH3 is 1. The monoisotopic (exact) mass is 296 g/mol. The zero-order valence-corrected chi connectivity index (χ0v) is 12.4. The standard InChI is InChI=1S/C12H16N4O3S/c1-4-5-16-8(2)6-9(15-16)11-13-14-12(19-11)20-7-10(17)18-3/h6H,4-5,7H2,1-3H3. The number of thioether (sulfide) groups is 1. The maximum Gasteiger partial charge on any atom is 0.316 e. The van der Waals surface area contributed by atoms with Crippen molar-refractivity contribution in [2.75, 3.05) is 12.9 Å². The van der Waals surface area contributed by atoms with Crippen LogP contribution in [0.1, 0.15) is 19.0 Å². The van der Waals surface area contributed by atoms with Crippen LogP contribution in [0.2, 0.25) is 0 Å². The number of carbonyl (C=O) groups is 1. The summed E-state index contributed by atoms with van der Waals surface area (Å²) in [7, 11) is 1.34. The van der Waals surface area contributed by atoms with Crippen LogP contribution >= 0.6 is 11.8 Å². The molecule has 0 amide bonds. The van der Waals surface area contributed by atoms with E-state index in [1.165, 1.54) is 7.11 Å². The first kappa shape index (κ1) is 14.6. The number of hydrogen-bond donors (Lipinski definition) is 0. The van der Waals surface area contributed by atoms with E-state index in [0.717, 1.165) is 30.4 Å². The van der Waals surface area contributed by atoms with E-state index >= 15 is 0 Å². The minimum Gasteiger partial charge on any atom is -0.468 e. The maximum absolute atomic E-state index is 11.0. The van der Waals surface area contributed by atoms with Gasteiger partial charge in [0, 0.05) is 12.2 Å². The molecule has 2 aromatic heterocycles. The number of aromatic nitrogens is 4. The van der Waals surface area contributed by atoms with Crippen molar-refractivity contribution in [3.63, 3.8) is 0 Å². The molecule has 0 unspecified atom stereocenters. The first-order valence-electron chi connectivity index (χ1n) is 6.22. The van der Waals surface area contributed by atoms with Crippen molar-refractivity contribution in [3.8, 4) is 11.6 Å². The molecule has 0 aromatic carbocycles. The summed E-state index contributed by atoms with van der Waals surface area (Å²) in [6, 6.07) is 1.90. The van der Waals surface area contributed by atoms with Gasteiger partial charge in [-0.3, -0.25) is 9.48 Å². The Morgan fingerprint density at radius 3 is 3.00 bits per heavy atom. The van der Waals surface area contributed by atoms with Gasteiger partial charge < -0.3 is 9.15 Å². The highest BCUT2D eigenvalue weighted by atomic mass is 32.2. The molecule has 7 nitrogen and oxygen atoms in total. The minimum atomic E-state index is -0.335. The topological polar surface area (TPSA) is 83.0 Å². The molecule has 0 radical (unpaired) electrons. The molecule has 0 aliphatic rings. The Balaban J connectivity index is 2.08. The Morgan fingerprint density at radius 2 is 2.30 bits per heavy atom. The molecule has 0 atom stereocenters. The van der Waals surface area contributed by atoms with Gasteiger partial charge in [0.05, 0.1) is 7.11 Å². The van der Waals surface area contributed by atoms with Crippen LogP contribution in [0.5, 0.6) is 0 Å². The molecule has 2 rings (SSSR count). The molecule has 108 valence electrons. The van der Waals surface area contributed by atoms with Crippen molar-refractivity contribution >= 4 is 17.7 Å². The average Bonchev–Trinajstić information content (AvgIpc) is 3.04. The highest BCUT2D eigenvalue weighted by Crippen LogP contribution is 2.23. The van der Waals surface area contributed by atoms with Crippen LogP contribution in [0.25, 0.3) is 11.6 Å². The van der Waals surface area contributed by atoms with Crippen LogP contribution in [0.15, 0.2) is 15.7 Å². The van der Waals surface area contributed by atoms with Gasteiger partial charge in [-0.15, -0.1) is 10.2 Å². The van der Waals surface area contributed by atoms with Crippen molar-refractivity contribution in [3.05, 3.63) is 11.8 Å². The number of ether oxygens (including phenoxy) is 1. The Kier molecular flexibility index (Phi) is 4.78. The summed E-state index contributed by atoms with van der Waals surface area (Å²) in [4.78, 5) is 11.0. The van der Waals surface area contributed by atoms with Crippen molar-refractivity contribution in [2.24, 2.45) is 0 Å². The molecular weight excluding hydrogens is 280 g/mol. The SMILES string of the molecule is CCCn1nc(-c2nnc(SCC(=O)OC)o2)cc1C. The van der Waals surface area contributed by atoms with Crippen molar-refractivity contribution in [1.29, 1.82) is 0 Å². The highest BCUT2D eigenvalue weighted by molar-refractivity contribution is 7.99. The van der Waals surface area contributed by atoms with Crippen LogP contribution in [0.3, 0.4) is 0 Å². The molecule has 20 heavy (non-hydrogen) atoms. The lowest BCUT2D eigenvalue weighted by Gasteiger charge is -1.99. The third-order valence-electron chi connectivity index (χ3n) is 2.58. The molecule has 0 saturated carbocycles. The second-order valence-electron chi connectivity index (χ2n) is 4.13. The number of aryl methyl sites for hydroxylation is 2. The maximum atomic E-state index is 11.0. The first-order valence-corrected chi connectivity index (χ1v) is 7.20. The van der Waals surface area contributed by atoms with Crippen molar-refractivity contribution in [1.82, 2.24) is 20.0 Å². The highest BCUT2D eigenvalue weighted by Gasteiger charge is 2.14. The lowest BCUT2D eigenvalue weighted by molar-refractivity contribution is -0.137. The lowest BCUT2D eigenvalue weighted by Crippen LogP contribution is -2.02. The van der Waals surface area contributed by atoms with Gasteiger partial charge in [-0.2, -0.15) is 5.10 Å². The van der Waals surface area contributed by atoms with Crippen LogP contribution in [0, 0.1) is 6.92 Å². The molecule has 2 aromatic rings. The summed E-state index contributed by atoms with van der Waals surface area (Å²) >= 11 is 1.14. The van der Waals surface area contributed by atoms with Gasteiger partial charge in [0.15, 0.2) is 0 Å².